The number of nitrogens with zero attached hydrogens (tertiary/aromatic N) is 4. The third-order valence-corrected chi connectivity index (χ3v) is 3.40. The van der Waals surface area contributed by atoms with Crippen molar-refractivity contribution in [3.05, 3.63) is 34.4 Å². The third kappa shape index (κ3) is 2.20. The first-order valence-electron chi connectivity index (χ1n) is 6.15. The van der Waals surface area contributed by atoms with Crippen LogP contribution in [-0.2, 0) is 4.79 Å². The number of amidine groups is 1. The number of carboxylic acid groups (broad SMARTS) is 1. The molecular weight excluding hydrogens is 294 g/mol. The number of anilines is 1. The summed E-state index contributed by atoms with van der Waals surface area (Å²) < 4.78 is 0. The second kappa shape index (κ2) is 5.09. The topological polar surface area (TPSA) is 92.0 Å². The Labute approximate surface area is 125 Å². The van der Waals surface area contributed by atoms with E-state index in [1.165, 1.54) is 16.2 Å². The second-order valence-corrected chi connectivity index (χ2v) is 4.84. The molecule has 0 unspecified atom stereocenters. The van der Waals surface area contributed by atoms with Gasteiger partial charge < -0.3 is 5.11 Å². The number of halogens is 1. The van der Waals surface area contributed by atoms with Gasteiger partial charge in [-0.25, -0.2) is 14.9 Å². The van der Waals surface area contributed by atoms with Crippen LogP contribution >= 0.6 is 11.6 Å². The largest absolute Gasteiger partial charge is 0.478 e. The number of hydrogen-bond acceptors (Lipinski definition) is 6. The lowest BCUT2D eigenvalue weighted by Gasteiger charge is -2.27. The van der Waals surface area contributed by atoms with E-state index >= 15 is 0 Å². The lowest BCUT2D eigenvalue weighted by Crippen LogP contribution is -2.46. The van der Waals surface area contributed by atoms with Gasteiger partial charge >= 0.3 is 5.97 Å². The van der Waals surface area contributed by atoms with Gasteiger partial charge in [-0.1, -0.05) is 23.7 Å². The van der Waals surface area contributed by atoms with E-state index in [0.717, 1.165) is 0 Å². The number of fused-ring (bicyclic) bond motifs is 3. The van der Waals surface area contributed by atoms with Crippen LogP contribution in [0.25, 0.3) is 6.08 Å². The molecule has 0 spiro atoms. The Morgan fingerprint density at radius 1 is 1.52 bits per heavy atom. The molecule has 2 heterocycles. The number of nitrogens with one attached hydrogen (secondary N) is 1. The van der Waals surface area contributed by atoms with Crippen molar-refractivity contribution in [2.75, 3.05) is 11.6 Å². The fourth-order valence-corrected chi connectivity index (χ4v) is 2.46. The van der Waals surface area contributed by atoms with Crippen molar-refractivity contribution in [1.29, 1.82) is 5.26 Å². The summed E-state index contributed by atoms with van der Waals surface area (Å²) in [6.07, 6.45) is 1.80. The SMILES string of the molecule is N#CCCN1N=C2C(C(=O)O)=Cc3cccc(Cl)c3N2N1. The molecule has 1 aromatic carbocycles. The van der Waals surface area contributed by atoms with Gasteiger partial charge in [0, 0.05) is 5.56 Å². The average molecular weight is 304 g/mol. The van der Waals surface area contributed by atoms with Gasteiger partial charge in [-0.15, -0.1) is 10.6 Å². The van der Waals surface area contributed by atoms with Crippen LogP contribution in [0.2, 0.25) is 5.02 Å². The first-order chi connectivity index (χ1) is 10.1. The smallest absolute Gasteiger partial charge is 0.339 e. The van der Waals surface area contributed by atoms with E-state index < -0.39 is 5.97 Å². The van der Waals surface area contributed by atoms with Crippen LogP contribution in [0.15, 0.2) is 28.9 Å². The Kier molecular flexibility index (Phi) is 3.25. The van der Waals surface area contributed by atoms with E-state index in [1.807, 2.05) is 6.07 Å². The van der Waals surface area contributed by atoms with E-state index in [9.17, 15) is 9.90 Å². The van der Waals surface area contributed by atoms with Crippen molar-refractivity contribution < 1.29 is 9.90 Å². The molecule has 0 aliphatic carbocycles. The molecule has 0 atom stereocenters. The minimum atomic E-state index is -1.08. The zero-order chi connectivity index (χ0) is 15.0. The van der Waals surface area contributed by atoms with E-state index in [4.69, 9.17) is 16.9 Å². The fraction of sp³-hybridized carbons (Fsp3) is 0.154. The quantitative estimate of drug-likeness (QED) is 0.881. The lowest BCUT2D eigenvalue weighted by atomic mass is 10.0. The Morgan fingerprint density at radius 2 is 2.33 bits per heavy atom. The summed E-state index contributed by atoms with van der Waals surface area (Å²) in [6, 6.07) is 7.26. The molecule has 2 aliphatic rings. The van der Waals surface area contributed by atoms with Gasteiger partial charge in [-0.2, -0.15) is 5.26 Å². The standard InChI is InChI=1S/C13H10ClN5O2/c14-10-4-1-3-8-7-9(13(20)21)12-16-18(6-2-5-15)17-19(12)11(8)10/h1,3-4,7,17H,2,6H2,(H,20,21). The van der Waals surface area contributed by atoms with Gasteiger partial charge in [0.1, 0.15) is 5.57 Å². The van der Waals surface area contributed by atoms with Crippen molar-refractivity contribution in [2.24, 2.45) is 5.10 Å². The molecule has 7 nitrogen and oxygen atoms in total. The number of hydrazine groups is 2. The Balaban J connectivity index is 2.07. The van der Waals surface area contributed by atoms with Gasteiger partial charge in [0.2, 0.25) is 0 Å². The van der Waals surface area contributed by atoms with Crippen LogP contribution in [0.4, 0.5) is 5.69 Å². The van der Waals surface area contributed by atoms with E-state index in [2.05, 4.69) is 10.6 Å². The molecule has 106 valence electrons. The maximum Gasteiger partial charge on any atom is 0.339 e. The fourth-order valence-electron chi connectivity index (χ4n) is 2.19. The van der Waals surface area contributed by atoms with Gasteiger partial charge in [0.25, 0.3) is 0 Å². The van der Waals surface area contributed by atoms with Crippen molar-refractivity contribution >= 4 is 35.2 Å². The minimum Gasteiger partial charge on any atom is -0.478 e. The number of aliphatic carboxylic acids is 1. The first kappa shape index (κ1) is 13.4. The molecule has 0 bridgehead atoms. The summed E-state index contributed by atoms with van der Waals surface area (Å²) >= 11 is 6.20. The summed E-state index contributed by atoms with van der Waals surface area (Å²) in [5.41, 5.74) is 4.33. The molecule has 0 saturated heterocycles. The maximum absolute atomic E-state index is 11.4. The molecule has 0 aromatic heterocycles. The van der Waals surface area contributed by atoms with Gasteiger partial charge in [0.15, 0.2) is 5.84 Å². The molecule has 0 saturated carbocycles. The van der Waals surface area contributed by atoms with Crippen LogP contribution in [0.3, 0.4) is 0 Å². The molecule has 2 aliphatic heterocycles. The maximum atomic E-state index is 11.4. The normalized spacial score (nSPS) is 15.8. The molecule has 8 heteroatoms. The Morgan fingerprint density at radius 3 is 3.05 bits per heavy atom. The van der Waals surface area contributed by atoms with E-state index in [1.54, 1.807) is 18.2 Å². The van der Waals surface area contributed by atoms with Gasteiger partial charge in [-0.3, -0.25) is 0 Å². The molecule has 0 amide bonds. The molecule has 0 radical (unpaired) electrons. The zero-order valence-corrected chi connectivity index (χ0v) is 11.5. The number of para-hydroxylation sites is 1. The lowest BCUT2D eigenvalue weighted by molar-refractivity contribution is -0.131. The van der Waals surface area contributed by atoms with Crippen molar-refractivity contribution in [3.63, 3.8) is 0 Å². The summed E-state index contributed by atoms with van der Waals surface area (Å²) in [7, 11) is 0. The predicted octanol–water partition coefficient (Wildman–Crippen LogP) is 1.59. The Bertz CT molecular complexity index is 722. The monoisotopic (exact) mass is 303 g/mol. The highest BCUT2D eigenvalue weighted by Gasteiger charge is 2.35. The number of nitriles is 1. The van der Waals surface area contributed by atoms with Crippen LogP contribution in [0, 0.1) is 11.3 Å². The van der Waals surface area contributed by atoms with Crippen LogP contribution in [0.5, 0.6) is 0 Å². The summed E-state index contributed by atoms with van der Waals surface area (Å²) in [6.45, 7) is 0.336. The summed E-state index contributed by atoms with van der Waals surface area (Å²) in [5, 5.41) is 25.6. The number of carboxylic acids is 1. The van der Waals surface area contributed by atoms with E-state index in [0.29, 0.717) is 22.8 Å². The number of hydrazone groups is 1. The van der Waals surface area contributed by atoms with Gasteiger partial charge in [0.05, 0.1) is 29.7 Å². The van der Waals surface area contributed by atoms with Crippen molar-refractivity contribution in [2.45, 2.75) is 6.42 Å². The minimum absolute atomic E-state index is 0.0664. The molecule has 1 aromatic rings. The molecule has 21 heavy (non-hydrogen) atoms. The summed E-state index contributed by atoms with van der Waals surface area (Å²) in [5.74, 6) is -0.825. The highest BCUT2D eigenvalue weighted by Crippen LogP contribution is 2.36. The van der Waals surface area contributed by atoms with Gasteiger partial charge in [-0.05, 0) is 12.1 Å². The zero-order valence-electron chi connectivity index (χ0n) is 10.7. The molecule has 2 N–H and O–H groups in total. The van der Waals surface area contributed by atoms with Crippen molar-refractivity contribution in [1.82, 2.24) is 10.7 Å². The number of hydrogen-bond donors (Lipinski definition) is 2. The Hall–Kier alpha value is -2.56. The average Bonchev–Trinajstić information content (AvgIpc) is 2.87. The summed E-state index contributed by atoms with van der Waals surface area (Å²) in [4.78, 5) is 11.4. The molecule has 0 fully saturated rings. The molecular formula is C13H10ClN5O2. The number of carbonyl (C=O) groups is 1. The number of rotatable bonds is 3. The first-order valence-corrected chi connectivity index (χ1v) is 6.53. The van der Waals surface area contributed by atoms with Crippen molar-refractivity contribution in [3.8, 4) is 6.07 Å². The number of benzene rings is 1. The second-order valence-electron chi connectivity index (χ2n) is 4.43. The highest BCUT2D eigenvalue weighted by molar-refractivity contribution is 6.37. The van der Waals surface area contributed by atoms with Crippen LogP contribution in [-0.4, -0.2) is 28.6 Å². The predicted molar refractivity (Wildman–Crippen MR) is 77.1 cm³/mol. The highest BCUT2D eigenvalue weighted by atomic mass is 35.5. The van der Waals surface area contributed by atoms with Crippen LogP contribution in [0.1, 0.15) is 12.0 Å². The van der Waals surface area contributed by atoms with E-state index in [-0.39, 0.29) is 17.8 Å². The molecule has 3 rings (SSSR count). The van der Waals surface area contributed by atoms with Crippen LogP contribution < -0.4 is 10.5 Å². The third-order valence-electron chi connectivity index (χ3n) is 3.09.